The molecule has 0 aliphatic heterocycles. The van der Waals surface area contributed by atoms with Crippen molar-refractivity contribution in [3.05, 3.63) is 169 Å². The number of nitrogens with zero attached hydrogens (tertiary/aromatic N) is 3. The van der Waals surface area contributed by atoms with Gasteiger partial charge in [0.25, 0.3) is 0 Å². The van der Waals surface area contributed by atoms with Crippen LogP contribution < -0.4 is 0 Å². The molecule has 0 saturated carbocycles. The molecule has 0 amide bonds. The summed E-state index contributed by atoms with van der Waals surface area (Å²) in [4.78, 5) is 0. The molecular formula is C43H27N3. The summed E-state index contributed by atoms with van der Waals surface area (Å²) in [6.45, 7) is 0. The summed E-state index contributed by atoms with van der Waals surface area (Å²) in [5.41, 5.74) is 11.8. The van der Waals surface area contributed by atoms with Gasteiger partial charge in [-0.05, 0) is 53.6 Å². The molecule has 0 aliphatic carbocycles. The molecule has 0 radical (unpaired) electrons. The van der Waals surface area contributed by atoms with Crippen molar-refractivity contribution in [2.24, 2.45) is 0 Å². The fourth-order valence-corrected chi connectivity index (χ4v) is 7.22. The second-order valence-corrected chi connectivity index (χ2v) is 11.7. The Balaban J connectivity index is 1.33. The minimum atomic E-state index is 0.647. The Hall–Kier alpha value is -6.37. The lowest BCUT2D eigenvalue weighted by Crippen LogP contribution is -1.98. The highest BCUT2D eigenvalue weighted by molar-refractivity contribution is 6.15. The third-order valence-corrected chi connectivity index (χ3v) is 9.15. The largest absolute Gasteiger partial charge is 0.309 e. The lowest BCUT2D eigenvalue weighted by molar-refractivity contribution is 1.17. The van der Waals surface area contributed by atoms with Gasteiger partial charge in [-0.25, -0.2) is 0 Å². The fourth-order valence-electron chi connectivity index (χ4n) is 7.22. The summed E-state index contributed by atoms with van der Waals surface area (Å²) >= 11 is 0. The Kier molecular flexibility index (Phi) is 5.88. The molecular weight excluding hydrogens is 558 g/mol. The van der Waals surface area contributed by atoms with E-state index < -0.39 is 0 Å². The number of fused-ring (bicyclic) bond motifs is 6. The average Bonchev–Trinajstić information content (AvgIpc) is 3.65. The van der Waals surface area contributed by atoms with Crippen LogP contribution in [-0.2, 0) is 0 Å². The second kappa shape index (κ2) is 10.4. The molecule has 0 bridgehead atoms. The monoisotopic (exact) mass is 585 g/mol. The van der Waals surface area contributed by atoms with Crippen LogP contribution in [-0.4, -0.2) is 9.13 Å². The van der Waals surface area contributed by atoms with E-state index in [-0.39, 0.29) is 0 Å². The first kappa shape index (κ1) is 26.1. The Morgan fingerprint density at radius 3 is 1.57 bits per heavy atom. The molecule has 214 valence electrons. The number of para-hydroxylation sites is 6. The van der Waals surface area contributed by atoms with E-state index in [1.807, 2.05) is 24.3 Å². The zero-order valence-electron chi connectivity index (χ0n) is 24.9. The highest BCUT2D eigenvalue weighted by Crippen LogP contribution is 2.42. The maximum Gasteiger partial charge on any atom is 0.101 e. The summed E-state index contributed by atoms with van der Waals surface area (Å²) in [5, 5.41) is 14.9. The molecule has 9 rings (SSSR count). The molecule has 3 heteroatoms. The van der Waals surface area contributed by atoms with E-state index in [2.05, 4.69) is 155 Å². The SMILES string of the molecule is N#Cc1ccccc1-n1c2ccccc2c2cccc(-c3cccc(-c4cccc5c6ccccc6n(-c6ccccc6)c45)c3)c21. The Labute approximate surface area is 266 Å². The van der Waals surface area contributed by atoms with Crippen molar-refractivity contribution in [3.8, 4) is 39.7 Å². The molecule has 2 aromatic heterocycles. The topological polar surface area (TPSA) is 33.6 Å². The lowest BCUT2D eigenvalue weighted by atomic mass is 9.96. The van der Waals surface area contributed by atoms with Crippen LogP contribution >= 0.6 is 0 Å². The molecule has 0 aliphatic rings. The molecule has 0 spiro atoms. The number of hydrogen-bond donors (Lipinski definition) is 0. The van der Waals surface area contributed by atoms with Crippen LogP contribution in [0.2, 0.25) is 0 Å². The van der Waals surface area contributed by atoms with Crippen LogP contribution in [0.15, 0.2) is 164 Å². The van der Waals surface area contributed by atoms with E-state index in [0.29, 0.717) is 5.56 Å². The van der Waals surface area contributed by atoms with E-state index in [9.17, 15) is 5.26 Å². The minimum Gasteiger partial charge on any atom is -0.309 e. The third kappa shape index (κ3) is 3.84. The van der Waals surface area contributed by atoms with Gasteiger partial charge < -0.3 is 9.13 Å². The zero-order valence-corrected chi connectivity index (χ0v) is 24.9. The average molecular weight is 586 g/mol. The molecule has 0 unspecified atom stereocenters. The van der Waals surface area contributed by atoms with Crippen molar-refractivity contribution in [2.75, 3.05) is 0 Å². The molecule has 3 nitrogen and oxygen atoms in total. The van der Waals surface area contributed by atoms with Crippen LogP contribution in [0.25, 0.3) is 77.2 Å². The molecule has 0 saturated heterocycles. The molecule has 0 atom stereocenters. The van der Waals surface area contributed by atoms with Gasteiger partial charge in [0.2, 0.25) is 0 Å². The molecule has 2 heterocycles. The Bertz CT molecular complexity index is 2650. The molecule has 46 heavy (non-hydrogen) atoms. The predicted molar refractivity (Wildman–Crippen MR) is 191 cm³/mol. The summed E-state index contributed by atoms with van der Waals surface area (Å²) in [6, 6.07) is 60.1. The first-order valence-corrected chi connectivity index (χ1v) is 15.5. The van der Waals surface area contributed by atoms with Gasteiger partial charge in [0.15, 0.2) is 0 Å². The number of nitriles is 1. The van der Waals surface area contributed by atoms with Gasteiger partial charge in [-0.2, -0.15) is 5.26 Å². The number of benzene rings is 7. The van der Waals surface area contributed by atoms with Crippen molar-refractivity contribution in [2.45, 2.75) is 0 Å². The van der Waals surface area contributed by atoms with E-state index >= 15 is 0 Å². The first-order chi connectivity index (χ1) is 22.8. The van der Waals surface area contributed by atoms with Crippen LogP contribution in [0.5, 0.6) is 0 Å². The smallest absolute Gasteiger partial charge is 0.101 e. The van der Waals surface area contributed by atoms with Crippen molar-refractivity contribution < 1.29 is 0 Å². The fraction of sp³-hybridized carbons (Fsp3) is 0. The van der Waals surface area contributed by atoms with E-state index in [0.717, 1.165) is 44.5 Å². The maximum atomic E-state index is 10.1. The van der Waals surface area contributed by atoms with Gasteiger partial charge in [-0.15, -0.1) is 0 Å². The standard InChI is InChI=1S/C43H27N3/c44-28-31-13-4-7-24-39(31)46-41-26-9-6-19-36(41)38-23-12-21-34(43(38)46)30-15-10-14-29(27-30)33-20-11-22-37-35-18-5-8-25-40(35)45(42(33)37)32-16-2-1-3-17-32/h1-27H. The number of rotatable bonds is 4. The summed E-state index contributed by atoms with van der Waals surface area (Å²) < 4.78 is 4.66. The molecule has 7 aromatic carbocycles. The van der Waals surface area contributed by atoms with Gasteiger partial charge in [0.1, 0.15) is 6.07 Å². The third-order valence-electron chi connectivity index (χ3n) is 9.15. The van der Waals surface area contributed by atoms with Gasteiger partial charge in [-0.3, -0.25) is 0 Å². The van der Waals surface area contributed by atoms with Gasteiger partial charge >= 0.3 is 0 Å². The maximum absolute atomic E-state index is 10.1. The van der Waals surface area contributed by atoms with Crippen LogP contribution in [0.4, 0.5) is 0 Å². The molecule has 0 fully saturated rings. The van der Waals surface area contributed by atoms with Crippen LogP contribution in [0.3, 0.4) is 0 Å². The van der Waals surface area contributed by atoms with Crippen molar-refractivity contribution >= 4 is 43.6 Å². The Morgan fingerprint density at radius 1 is 0.413 bits per heavy atom. The van der Waals surface area contributed by atoms with E-state index in [1.54, 1.807) is 0 Å². The second-order valence-electron chi connectivity index (χ2n) is 11.7. The first-order valence-electron chi connectivity index (χ1n) is 15.5. The number of hydrogen-bond acceptors (Lipinski definition) is 1. The zero-order chi connectivity index (χ0) is 30.6. The van der Waals surface area contributed by atoms with E-state index in [1.165, 1.54) is 32.8 Å². The van der Waals surface area contributed by atoms with Gasteiger partial charge in [-0.1, -0.05) is 121 Å². The van der Waals surface area contributed by atoms with Crippen molar-refractivity contribution in [3.63, 3.8) is 0 Å². The minimum absolute atomic E-state index is 0.647. The summed E-state index contributed by atoms with van der Waals surface area (Å²) in [6.07, 6.45) is 0. The lowest BCUT2D eigenvalue weighted by Gasteiger charge is -2.15. The van der Waals surface area contributed by atoms with Crippen LogP contribution in [0, 0.1) is 11.3 Å². The number of aromatic nitrogens is 2. The Morgan fingerprint density at radius 2 is 0.913 bits per heavy atom. The normalized spacial score (nSPS) is 11.5. The van der Waals surface area contributed by atoms with Crippen molar-refractivity contribution in [1.29, 1.82) is 5.26 Å². The van der Waals surface area contributed by atoms with Gasteiger partial charge in [0, 0.05) is 38.4 Å². The summed E-state index contributed by atoms with van der Waals surface area (Å²) in [5.74, 6) is 0. The van der Waals surface area contributed by atoms with Crippen LogP contribution in [0.1, 0.15) is 5.56 Å². The highest BCUT2D eigenvalue weighted by atomic mass is 15.0. The predicted octanol–water partition coefficient (Wildman–Crippen LogP) is 11.1. The molecule has 9 aromatic rings. The summed E-state index contributed by atoms with van der Waals surface area (Å²) in [7, 11) is 0. The van der Waals surface area contributed by atoms with Crippen molar-refractivity contribution in [1.82, 2.24) is 9.13 Å². The van der Waals surface area contributed by atoms with Gasteiger partial charge in [0.05, 0.1) is 33.3 Å². The van der Waals surface area contributed by atoms with E-state index in [4.69, 9.17) is 0 Å². The molecule has 0 N–H and O–H groups in total. The quantitative estimate of drug-likeness (QED) is 0.202. The highest BCUT2D eigenvalue weighted by Gasteiger charge is 2.20.